The zero-order valence-corrected chi connectivity index (χ0v) is 10.1. The van der Waals surface area contributed by atoms with Crippen molar-refractivity contribution >= 4 is 5.91 Å². The molecule has 0 bridgehead atoms. The average molecular weight is 245 g/mol. The molecular formula is C13H15N3O2. The molecule has 1 atom stereocenters. The molecule has 0 saturated heterocycles. The van der Waals surface area contributed by atoms with Crippen LogP contribution in [0, 0.1) is 0 Å². The Hall–Kier alpha value is -2.14. The van der Waals surface area contributed by atoms with E-state index in [2.05, 4.69) is 10.3 Å². The maximum atomic E-state index is 12.0. The van der Waals surface area contributed by atoms with Crippen molar-refractivity contribution in [3.63, 3.8) is 0 Å². The number of furan rings is 1. The number of nitrogens with zero attached hydrogens (tertiary/aromatic N) is 1. The third-order valence-corrected chi connectivity index (χ3v) is 2.61. The molecule has 94 valence electrons. The first-order valence-corrected chi connectivity index (χ1v) is 5.70. The molecule has 2 aromatic heterocycles. The fraction of sp³-hybridized carbons (Fsp3) is 0.231. The third-order valence-electron chi connectivity index (χ3n) is 2.61. The molecule has 0 saturated carbocycles. The van der Waals surface area contributed by atoms with Gasteiger partial charge in [-0.25, -0.2) is 0 Å². The van der Waals surface area contributed by atoms with Gasteiger partial charge in [0.25, 0.3) is 5.91 Å². The van der Waals surface area contributed by atoms with Crippen LogP contribution in [0.4, 0.5) is 0 Å². The van der Waals surface area contributed by atoms with Crippen LogP contribution >= 0.6 is 0 Å². The zero-order valence-electron chi connectivity index (χ0n) is 10.1. The number of carbonyl (C=O) groups excluding carboxylic acids is 1. The van der Waals surface area contributed by atoms with E-state index in [-0.39, 0.29) is 11.9 Å². The van der Waals surface area contributed by atoms with Crippen molar-refractivity contribution in [3.05, 3.63) is 53.7 Å². The van der Waals surface area contributed by atoms with Crippen LogP contribution in [0.5, 0.6) is 0 Å². The van der Waals surface area contributed by atoms with Crippen molar-refractivity contribution < 1.29 is 9.21 Å². The largest absolute Gasteiger partial charge is 0.467 e. The second kappa shape index (κ2) is 5.46. The summed E-state index contributed by atoms with van der Waals surface area (Å²) in [6.45, 7) is 2.18. The van der Waals surface area contributed by atoms with Crippen molar-refractivity contribution in [2.75, 3.05) is 0 Å². The molecule has 2 aromatic rings. The van der Waals surface area contributed by atoms with Gasteiger partial charge in [-0.15, -0.1) is 0 Å². The molecule has 0 spiro atoms. The van der Waals surface area contributed by atoms with Crippen LogP contribution in [-0.2, 0) is 6.54 Å². The van der Waals surface area contributed by atoms with E-state index in [1.54, 1.807) is 30.7 Å². The Morgan fingerprint density at radius 3 is 3.06 bits per heavy atom. The predicted octanol–water partition coefficient (Wildman–Crippen LogP) is 1.62. The van der Waals surface area contributed by atoms with E-state index in [1.165, 1.54) is 0 Å². The molecule has 2 rings (SSSR count). The highest BCUT2D eigenvalue weighted by atomic mass is 16.3. The van der Waals surface area contributed by atoms with E-state index in [9.17, 15) is 4.79 Å². The van der Waals surface area contributed by atoms with Crippen molar-refractivity contribution in [3.8, 4) is 0 Å². The molecule has 0 radical (unpaired) electrons. The molecule has 0 aliphatic carbocycles. The average Bonchev–Trinajstić information content (AvgIpc) is 2.92. The first-order valence-electron chi connectivity index (χ1n) is 5.70. The first-order chi connectivity index (χ1) is 8.70. The standard InChI is InChI=1S/C13H15N3O2/c1-9(12-3-2-6-18-12)16-13(17)10-4-5-15-11(7-10)8-14/h2-7,9H,8,14H2,1H3,(H,16,17). The van der Waals surface area contributed by atoms with Gasteiger partial charge in [0.15, 0.2) is 0 Å². The Bertz CT molecular complexity index is 523. The molecule has 3 N–H and O–H groups in total. The van der Waals surface area contributed by atoms with Gasteiger partial charge in [0.2, 0.25) is 0 Å². The topological polar surface area (TPSA) is 81.2 Å². The summed E-state index contributed by atoms with van der Waals surface area (Å²) in [5.41, 5.74) is 6.72. The van der Waals surface area contributed by atoms with Crippen molar-refractivity contribution in [1.29, 1.82) is 0 Å². The molecule has 0 fully saturated rings. The summed E-state index contributed by atoms with van der Waals surface area (Å²) in [6, 6.07) is 6.77. The van der Waals surface area contributed by atoms with Gasteiger partial charge in [-0.05, 0) is 31.2 Å². The van der Waals surface area contributed by atoms with Crippen LogP contribution < -0.4 is 11.1 Å². The zero-order chi connectivity index (χ0) is 13.0. The summed E-state index contributed by atoms with van der Waals surface area (Å²) >= 11 is 0. The fourth-order valence-corrected chi connectivity index (χ4v) is 1.62. The van der Waals surface area contributed by atoms with Crippen LogP contribution in [-0.4, -0.2) is 10.9 Å². The van der Waals surface area contributed by atoms with Gasteiger partial charge in [-0.1, -0.05) is 0 Å². The summed E-state index contributed by atoms with van der Waals surface area (Å²) in [5.74, 6) is 0.549. The highest BCUT2D eigenvalue weighted by Crippen LogP contribution is 2.13. The van der Waals surface area contributed by atoms with E-state index in [0.717, 1.165) is 5.76 Å². The van der Waals surface area contributed by atoms with Crippen LogP contribution in [0.2, 0.25) is 0 Å². The molecule has 2 heterocycles. The van der Waals surface area contributed by atoms with Crippen LogP contribution in [0.15, 0.2) is 41.1 Å². The number of hydrogen-bond acceptors (Lipinski definition) is 4. The van der Waals surface area contributed by atoms with Crippen molar-refractivity contribution in [1.82, 2.24) is 10.3 Å². The number of nitrogens with one attached hydrogen (secondary N) is 1. The number of carbonyl (C=O) groups is 1. The fourth-order valence-electron chi connectivity index (χ4n) is 1.62. The minimum Gasteiger partial charge on any atom is -0.467 e. The first kappa shape index (κ1) is 12.3. The number of pyridine rings is 1. The lowest BCUT2D eigenvalue weighted by molar-refractivity contribution is 0.0935. The highest BCUT2D eigenvalue weighted by molar-refractivity contribution is 5.94. The third kappa shape index (κ3) is 2.75. The summed E-state index contributed by atoms with van der Waals surface area (Å²) in [4.78, 5) is 16.0. The smallest absolute Gasteiger partial charge is 0.251 e. The lowest BCUT2D eigenvalue weighted by atomic mass is 10.2. The molecule has 1 unspecified atom stereocenters. The van der Waals surface area contributed by atoms with Gasteiger partial charge in [-0.2, -0.15) is 0 Å². The summed E-state index contributed by atoms with van der Waals surface area (Å²) in [5, 5.41) is 2.85. The number of amides is 1. The van der Waals surface area contributed by atoms with Crippen LogP contribution in [0.3, 0.4) is 0 Å². The lowest BCUT2D eigenvalue weighted by Crippen LogP contribution is -2.26. The van der Waals surface area contributed by atoms with E-state index < -0.39 is 0 Å². The number of nitrogens with two attached hydrogens (primary N) is 1. The normalized spacial score (nSPS) is 12.1. The van der Waals surface area contributed by atoms with Crippen molar-refractivity contribution in [2.45, 2.75) is 19.5 Å². The Balaban J connectivity index is 2.07. The minimum absolute atomic E-state index is 0.170. The SMILES string of the molecule is CC(NC(=O)c1ccnc(CN)c1)c1ccco1. The van der Waals surface area contributed by atoms with Gasteiger partial charge in [0, 0.05) is 18.3 Å². The van der Waals surface area contributed by atoms with Gasteiger partial charge in [0.05, 0.1) is 18.0 Å². The molecule has 5 nitrogen and oxygen atoms in total. The summed E-state index contributed by atoms with van der Waals surface area (Å²) in [6.07, 6.45) is 3.16. The van der Waals surface area contributed by atoms with E-state index >= 15 is 0 Å². The maximum Gasteiger partial charge on any atom is 0.251 e. The van der Waals surface area contributed by atoms with Crippen molar-refractivity contribution in [2.24, 2.45) is 5.73 Å². The monoisotopic (exact) mass is 245 g/mol. The quantitative estimate of drug-likeness (QED) is 0.857. The summed E-state index contributed by atoms with van der Waals surface area (Å²) in [7, 11) is 0. The second-order valence-electron chi connectivity index (χ2n) is 3.95. The second-order valence-corrected chi connectivity index (χ2v) is 3.95. The minimum atomic E-state index is -0.179. The number of hydrogen-bond donors (Lipinski definition) is 2. The van der Waals surface area contributed by atoms with Gasteiger partial charge in [0.1, 0.15) is 5.76 Å². The van der Waals surface area contributed by atoms with Crippen LogP contribution in [0.1, 0.15) is 34.8 Å². The number of aromatic nitrogens is 1. The molecule has 0 aliphatic rings. The molecule has 0 aromatic carbocycles. The Morgan fingerprint density at radius 1 is 1.56 bits per heavy atom. The lowest BCUT2D eigenvalue weighted by Gasteiger charge is -2.11. The van der Waals surface area contributed by atoms with Crippen LogP contribution in [0.25, 0.3) is 0 Å². The molecule has 0 aliphatic heterocycles. The molecular weight excluding hydrogens is 230 g/mol. The molecule has 5 heteroatoms. The Morgan fingerprint density at radius 2 is 2.39 bits per heavy atom. The van der Waals surface area contributed by atoms with Gasteiger partial charge >= 0.3 is 0 Å². The Labute approximate surface area is 105 Å². The number of rotatable bonds is 4. The predicted molar refractivity (Wildman–Crippen MR) is 66.7 cm³/mol. The molecule has 1 amide bonds. The molecule has 18 heavy (non-hydrogen) atoms. The van der Waals surface area contributed by atoms with Gasteiger partial charge < -0.3 is 15.5 Å². The highest BCUT2D eigenvalue weighted by Gasteiger charge is 2.13. The Kier molecular flexibility index (Phi) is 3.74. The van der Waals surface area contributed by atoms with E-state index in [1.807, 2.05) is 13.0 Å². The maximum absolute atomic E-state index is 12.0. The summed E-state index contributed by atoms with van der Waals surface area (Å²) < 4.78 is 5.23. The van der Waals surface area contributed by atoms with E-state index in [4.69, 9.17) is 10.2 Å². The van der Waals surface area contributed by atoms with Gasteiger partial charge in [-0.3, -0.25) is 9.78 Å². The van der Waals surface area contributed by atoms with E-state index in [0.29, 0.717) is 17.8 Å².